The van der Waals surface area contributed by atoms with Crippen LogP contribution in [0.2, 0.25) is 10.0 Å². The number of para-hydroxylation sites is 2. The van der Waals surface area contributed by atoms with Gasteiger partial charge in [-0.15, -0.1) is 0 Å². The van der Waals surface area contributed by atoms with Gasteiger partial charge in [-0.25, -0.2) is 0 Å². The molecule has 1 heterocycles. The second-order valence-corrected chi connectivity index (χ2v) is 7.13. The van der Waals surface area contributed by atoms with Gasteiger partial charge < -0.3 is 9.73 Å². The number of carbonyl (C=O) groups excluding carboxylic acids is 1. The van der Waals surface area contributed by atoms with Gasteiger partial charge in [0.05, 0.1) is 9.95 Å². The quantitative estimate of drug-likeness (QED) is 0.219. The molecule has 0 spiro atoms. The highest BCUT2D eigenvalue weighted by molar-refractivity contribution is 7.80. The van der Waals surface area contributed by atoms with Gasteiger partial charge in [0.25, 0.3) is 5.69 Å². The van der Waals surface area contributed by atoms with E-state index in [1.807, 2.05) is 0 Å². The molecule has 1 amide bonds. The van der Waals surface area contributed by atoms with Crippen LogP contribution in [0.1, 0.15) is 5.76 Å². The lowest BCUT2D eigenvalue weighted by Gasteiger charge is -2.08. The highest BCUT2D eigenvalue weighted by Crippen LogP contribution is 2.31. The number of benzene rings is 2. The molecular formula is C20H13Cl2N3O4S. The summed E-state index contributed by atoms with van der Waals surface area (Å²) in [5.74, 6) is 0.405. The maximum absolute atomic E-state index is 12.1. The highest BCUT2D eigenvalue weighted by atomic mass is 35.5. The molecule has 0 saturated heterocycles. The van der Waals surface area contributed by atoms with Gasteiger partial charge in [0.2, 0.25) is 5.91 Å². The van der Waals surface area contributed by atoms with Crippen LogP contribution in [0.4, 0.5) is 11.4 Å². The second kappa shape index (κ2) is 9.53. The number of halogens is 2. The first kappa shape index (κ1) is 21.5. The van der Waals surface area contributed by atoms with Crippen molar-refractivity contribution in [2.45, 2.75) is 0 Å². The number of hydrogen-bond acceptors (Lipinski definition) is 5. The van der Waals surface area contributed by atoms with Gasteiger partial charge in [-0.05, 0) is 54.7 Å². The number of amides is 1. The summed E-state index contributed by atoms with van der Waals surface area (Å²) in [7, 11) is 0. The number of anilines is 1. The molecule has 3 aromatic rings. The highest BCUT2D eigenvalue weighted by Gasteiger charge is 2.14. The number of nitro benzene ring substituents is 1. The molecule has 7 nitrogen and oxygen atoms in total. The van der Waals surface area contributed by atoms with E-state index in [0.29, 0.717) is 27.1 Å². The Morgan fingerprint density at radius 2 is 1.90 bits per heavy atom. The van der Waals surface area contributed by atoms with Crippen molar-refractivity contribution in [3.05, 3.63) is 86.6 Å². The minimum atomic E-state index is -0.548. The van der Waals surface area contributed by atoms with Crippen LogP contribution in [-0.4, -0.2) is 15.9 Å². The van der Waals surface area contributed by atoms with E-state index in [-0.39, 0.29) is 16.5 Å². The lowest BCUT2D eigenvalue weighted by molar-refractivity contribution is -0.383. The molecule has 30 heavy (non-hydrogen) atoms. The van der Waals surface area contributed by atoms with Crippen LogP contribution in [0.5, 0.6) is 0 Å². The van der Waals surface area contributed by atoms with Crippen LogP contribution < -0.4 is 10.6 Å². The Hall–Kier alpha value is -3.20. The first-order valence-electron chi connectivity index (χ1n) is 8.42. The van der Waals surface area contributed by atoms with Gasteiger partial charge in [-0.3, -0.25) is 20.2 Å². The zero-order valence-electron chi connectivity index (χ0n) is 15.1. The third-order valence-electron chi connectivity index (χ3n) is 3.81. The smallest absolute Gasteiger partial charge is 0.292 e. The molecule has 0 aliphatic heterocycles. The molecule has 0 bridgehead atoms. The normalized spacial score (nSPS) is 10.7. The van der Waals surface area contributed by atoms with Crippen molar-refractivity contribution in [3.8, 4) is 11.3 Å². The van der Waals surface area contributed by atoms with Crippen LogP contribution in [0.15, 0.2) is 65.1 Å². The maximum atomic E-state index is 12.1. The second-order valence-electron chi connectivity index (χ2n) is 5.88. The number of carbonyl (C=O) groups is 1. The number of nitrogens with one attached hydrogen (secondary N) is 2. The molecule has 2 aromatic carbocycles. The summed E-state index contributed by atoms with van der Waals surface area (Å²) in [6, 6.07) is 14.4. The summed E-state index contributed by atoms with van der Waals surface area (Å²) in [4.78, 5) is 22.5. The number of thiocarbonyl (C=S) groups is 1. The zero-order chi connectivity index (χ0) is 21.7. The minimum Gasteiger partial charge on any atom is -0.457 e. The molecule has 2 N–H and O–H groups in total. The standard InChI is InChI=1S/C20H13Cl2N3O4S/c21-12-5-8-14(15(22)11-12)18-9-6-13(29-18)7-10-19(26)24-20(30)23-16-3-1-2-4-17(16)25(27)28/h1-11H,(H2,23,24,26,30)/b10-7+. The molecule has 1 aromatic heterocycles. The number of nitro groups is 1. The fourth-order valence-electron chi connectivity index (χ4n) is 2.48. The molecule has 0 radical (unpaired) electrons. The van der Waals surface area contributed by atoms with Crippen molar-refractivity contribution in [1.29, 1.82) is 0 Å². The van der Waals surface area contributed by atoms with E-state index in [1.165, 1.54) is 30.4 Å². The Bertz CT molecular complexity index is 1160. The van der Waals surface area contributed by atoms with Gasteiger partial charge in [-0.1, -0.05) is 35.3 Å². The van der Waals surface area contributed by atoms with Crippen molar-refractivity contribution >= 4 is 63.9 Å². The number of rotatable bonds is 5. The van der Waals surface area contributed by atoms with Crippen LogP contribution in [-0.2, 0) is 4.79 Å². The van der Waals surface area contributed by atoms with E-state index in [0.717, 1.165) is 0 Å². The number of hydrogen-bond donors (Lipinski definition) is 2. The third kappa shape index (κ3) is 5.44. The van der Waals surface area contributed by atoms with Crippen LogP contribution >= 0.6 is 35.4 Å². The molecule has 10 heteroatoms. The first-order valence-corrected chi connectivity index (χ1v) is 9.58. The van der Waals surface area contributed by atoms with E-state index in [4.69, 9.17) is 39.8 Å². The average Bonchev–Trinajstić information content (AvgIpc) is 3.15. The summed E-state index contributed by atoms with van der Waals surface area (Å²) in [6.07, 6.45) is 2.68. The van der Waals surface area contributed by atoms with Crippen LogP contribution in [0.3, 0.4) is 0 Å². The van der Waals surface area contributed by atoms with Crippen LogP contribution in [0.25, 0.3) is 17.4 Å². The maximum Gasteiger partial charge on any atom is 0.292 e. The van der Waals surface area contributed by atoms with Crippen molar-refractivity contribution < 1.29 is 14.1 Å². The fourth-order valence-corrected chi connectivity index (χ4v) is 3.19. The molecule has 0 aliphatic carbocycles. The molecular weight excluding hydrogens is 449 g/mol. The predicted octanol–water partition coefficient (Wildman–Crippen LogP) is 5.69. The molecule has 152 valence electrons. The van der Waals surface area contributed by atoms with Crippen LogP contribution in [0, 0.1) is 10.1 Å². The van der Waals surface area contributed by atoms with Gasteiger partial charge in [0.1, 0.15) is 17.2 Å². The molecule has 0 saturated carbocycles. The molecule has 0 fully saturated rings. The Labute approximate surface area is 186 Å². The molecule has 0 aliphatic rings. The summed E-state index contributed by atoms with van der Waals surface area (Å²) < 4.78 is 5.67. The fraction of sp³-hybridized carbons (Fsp3) is 0. The average molecular weight is 462 g/mol. The number of nitrogens with zero attached hydrogens (tertiary/aromatic N) is 1. The van der Waals surface area contributed by atoms with Gasteiger partial charge in [-0.2, -0.15) is 0 Å². The molecule has 0 unspecified atom stereocenters. The van der Waals surface area contributed by atoms with E-state index >= 15 is 0 Å². The third-order valence-corrected chi connectivity index (χ3v) is 4.56. The summed E-state index contributed by atoms with van der Waals surface area (Å²) >= 11 is 17.1. The van der Waals surface area contributed by atoms with Gasteiger partial charge in [0.15, 0.2) is 5.11 Å². The minimum absolute atomic E-state index is 0.0768. The molecule has 0 atom stereocenters. The topological polar surface area (TPSA) is 97.4 Å². The summed E-state index contributed by atoms with van der Waals surface area (Å²) in [5.41, 5.74) is 0.681. The Kier molecular flexibility index (Phi) is 6.83. The van der Waals surface area contributed by atoms with E-state index in [1.54, 1.807) is 36.4 Å². The van der Waals surface area contributed by atoms with Gasteiger partial charge >= 0.3 is 0 Å². The van der Waals surface area contributed by atoms with E-state index in [9.17, 15) is 14.9 Å². The first-order chi connectivity index (χ1) is 14.3. The van der Waals surface area contributed by atoms with E-state index in [2.05, 4.69) is 10.6 Å². The summed E-state index contributed by atoms with van der Waals surface area (Å²) in [5, 5.41) is 16.9. The Morgan fingerprint density at radius 1 is 1.13 bits per heavy atom. The SMILES string of the molecule is O=C(/C=C/c1ccc(-c2ccc(Cl)cc2Cl)o1)NC(=S)Nc1ccccc1[N+](=O)[O-]. The van der Waals surface area contributed by atoms with Crippen molar-refractivity contribution in [2.24, 2.45) is 0 Å². The summed E-state index contributed by atoms with van der Waals surface area (Å²) in [6.45, 7) is 0. The lowest BCUT2D eigenvalue weighted by atomic mass is 10.2. The zero-order valence-corrected chi connectivity index (χ0v) is 17.4. The lowest BCUT2D eigenvalue weighted by Crippen LogP contribution is -2.33. The number of furan rings is 1. The Balaban J connectivity index is 1.62. The Morgan fingerprint density at radius 3 is 2.63 bits per heavy atom. The molecule has 3 rings (SSSR count). The van der Waals surface area contributed by atoms with Gasteiger partial charge in [0, 0.05) is 22.7 Å². The van der Waals surface area contributed by atoms with E-state index < -0.39 is 10.8 Å². The van der Waals surface area contributed by atoms with Crippen molar-refractivity contribution in [3.63, 3.8) is 0 Å². The van der Waals surface area contributed by atoms with Crippen molar-refractivity contribution in [1.82, 2.24) is 5.32 Å². The monoisotopic (exact) mass is 461 g/mol. The largest absolute Gasteiger partial charge is 0.457 e. The predicted molar refractivity (Wildman–Crippen MR) is 121 cm³/mol. The van der Waals surface area contributed by atoms with Crippen molar-refractivity contribution in [2.75, 3.05) is 5.32 Å².